The van der Waals surface area contributed by atoms with Crippen LogP contribution in [0, 0.1) is 0 Å². The van der Waals surface area contributed by atoms with Gasteiger partial charge in [-0.1, -0.05) is 48.2 Å². The number of halogens is 3. The molecule has 150 valence electrons. The van der Waals surface area contributed by atoms with Gasteiger partial charge < -0.3 is 9.84 Å². The molecule has 0 fully saturated rings. The van der Waals surface area contributed by atoms with Crippen molar-refractivity contribution in [3.8, 4) is 0 Å². The summed E-state index contributed by atoms with van der Waals surface area (Å²) in [6.07, 6.45) is -2.85. The van der Waals surface area contributed by atoms with Gasteiger partial charge in [0.05, 0.1) is 22.8 Å². The van der Waals surface area contributed by atoms with Crippen molar-refractivity contribution in [2.45, 2.75) is 13.1 Å². The van der Waals surface area contributed by atoms with Gasteiger partial charge in [0.25, 0.3) is 0 Å². The Kier molecular flexibility index (Phi) is 6.12. The number of hydrogen-bond donors (Lipinski definition) is 1. The number of aliphatic hydroxyl groups is 1. The second kappa shape index (κ2) is 8.57. The quantitative estimate of drug-likeness (QED) is 0.627. The molecular formula is C21H16F3NO3S. The van der Waals surface area contributed by atoms with Crippen molar-refractivity contribution < 1.29 is 27.8 Å². The molecule has 0 aromatic heterocycles. The van der Waals surface area contributed by atoms with Gasteiger partial charge in [0, 0.05) is 0 Å². The van der Waals surface area contributed by atoms with E-state index in [1.54, 1.807) is 13.0 Å². The van der Waals surface area contributed by atoms with Gasteiger partial charge in [0.2, 0.25) is 0 Å². The number of aliphatic hydroxyl groups excluding tert-OH is 1. The van der Waals surface area contributed by atoms with Crippen LogP contribution in [0.4, 0.5) is 18.9 Å². The van der Waals surface area contributed by atoms with Crippen LogP contribution in [-0.2, 0) is 15.7 Å². The van der Waals surface area contributed by atoms with Crippen LogP contribution in [-0.4, -0.2) is 22.7 Å². The molecule has 4 nitrogen and oxygen atoms in total. The van der Waals surface area contributed by atoms with E-state index in [0.29, 0.717) is 4.91 Å². The summed E-state index contributed by atoms with van der Waals surface area (Å²) < 4.78 is 43.9. The third-order valence-corrected chi connectivity index (χ3v) is 4.89. The highest BCUT2D eigenvalue weighted by Crippen LogP contribution is 2.40. The predicted octanol–water partition coefficient (Wildman–Crippen LogP) is 5.90. The number of carbonyl (C=O) groups excluding carboxylic acids is 1. The van der Waals surface area contributed by atoms with Gasteiger partial charge in [-0.2, -0.15) is 13.2 Å². The van der Waals surface area contributed by atoms with E-state index in [9.17, 15) is 23.1 Å². The van der Waals surface area contributed by atoms with Crippen LogP contribution >= 0.6 is 11.8 Å². The fourth-order valence-corrected chi connectivity index (χ4v) is 3.60. The van der Waals surface area contributed by atoms with Crippen molar-refractivity contribution in [3.63, 3.8) is 0 Å². The molecule has 0 aliphatic carbocycles. The van der Waals surface area contributed by atoms with Crippen molar-refractivity contribution in [1.29, 1.82) is 0 Å². The first-order chi connectivity index (χ1) is 13.8. The molecule has 3 rings (SSSR count). The highest BCUT2D eigenvalue weighted by molar-refractivity contribution is 8.18. The van der Waals surface area contributed by atoms with E-state index in [0.717, 1.165) is 29.5 Å². The van der Waals surface area contributed by atoms with Gasteiger partial charge in [-0.05, 0) is 36.8 Å². The molecule has 0 saturated carbocycles. The minimum atomic E-state index is -4.51. The normalized spacial score (nSPS) is 17.2. The third-order valence-electron chi connectivity index (χ3n) is 3.87. The molecule has 0 radical (unpaired) electrons. The number of alkyl halides is 3. The van der Waals surface area contributed by atoms with Crippen molar-refractivity contribution in [2.75, 3.05) is 6.61 Å². The molecule has 2 aromatic carbocycles. The molecule has 1 heterocycles. The molecule has 0 atom stereocenters. The van der Waals surface area contributed by atoms with Crippen molar-refractivity contribution >= 4 is 34.5 Å². The van der Waals surface area contributed by atoms with Gasteiger partial charge in [-0.15, -0.1) is 0 Å². The average molecular weight is 419 g/mol. The molecule has 1 N–H and O–H groups in total. The Morgan fingerprint density at radius 2 is 1.90 bits per heavy atom. The zero-order chi connectivity index (χ0) is 21.0. The number of thioether (sulfide) groups is 1. The van der Waals surface area contributed by atoms with E-state index in [4.69, 9.17) is 4.74 Å². The zero-order valence-electron chi connectivity index (χ0n) is 15.2. The first-order valence-corrected chi connectivity index (χ1v) is 9.43. The number of ether oxygens (including phenoxy) is 1. The Bertz CT molecular complexity index is 1010. The van der Waals surface area contributed by atoms with Crippen molar-refractivity contribution in [1.82, 2.24) is 0 Å². The van der Waals surface area contributed by atoms with E-state index in [1.165, 1.54) is 12.1 Å². The summed E-state index contributed by atoms with van der Waals surface area (Å²) in [4.78, 5) is 16.9. The van der Waals surface area contributed by atoms with E-state index in [1.807, 2.05) is 30.3 Å². The maximum absolute atomic E-state index is 13.0. The van der Waals surface area contributed by atoms with Crippen LogP contribution in [0.1, 0.15) is 18.1 Å². The van der Waals surface area contributed by atoms with E-state index in [2.05, 4.69) is 4.99 Å². The summed E-state index contributed by atoms with van der Waals surface area (Å²) in [6, 6.07) is 13.5. The van der Waals surface area contributed by atoms with Crippen molar-refractivity contribution in [2.24, 2.45) is 4.99 Å². The Morgan fingerprint density at radius 3 is 2.55 bits per heavy atom. The van der Waals surface area contributed by atoms with Gasteiger partial charge in [0.1, 0.15) is 16.4 Å². The fourth-order valence-electron chi connectivity index (χ4n) is 2.56. The second-order valence-corrected chi connectivity index (χ2v) is 6.96. The van der Waals surface area contributed by atoms with E-state index in [-0.39, 0.29) is 28.7 Å². The summed E-state index contributed by atoms with van der Waals surface area (Å²) >= 11 is 0.989. The molecule has 2 aromatic rings. The van der Waals surface area contributed by atoms with Crippen LogP contribution in [0.2, 0.25) is 0 Å². The molecular weight excluding hydrogens is 403 g/mol. The highest BCUT2D eigenvalue weighted by Gasteiger charge is 2.34. The van der Waals surface area contributed by atoms with Gasteiger partial charge in [0.15, 0.2) is 0 Å². The number of aliphatic imine (C=N–C) groups is 1. The van der Waals surface area contributed by atoms with Gasteiger partial charge in [-0.3, -0.25) is 0 Å². The first-order valence-electron chi connectivity index (χ1n) is 8.61. The smallest absolute Gasteiger partial charge is 0.416 e. The number of benzene rings is 2. The monoisotopic (exact) mass is 419 g/mol. The fraction of sp³-hybridized carbons (Fsp3) is 0.143. The Hall–Kier alpha value is -3.00. The van der Waals surface area contributed by atoms with E-state index >= 15 is 0 Å². The molecule has 8 heteroatoms. The molecule has 0 saturated heterocycles. The maximum Gasteiger partial charge on any atom is 0.416 e. The first kappa shape index (κ1) is 20.7. The molecule has 0 unspecified atom stereocenters. The lowest BCUT2D eigenvalue weighted by molar-refractivity contribution is -0.138. The van der Waals surface area contributed by atoms with Gasteiger partial charge in [-0.25, -0.2) is 9.79 Å². The Balaban J connectivity index is 2.05. The Morgan fingerprint density at radius 1 is 1.17 bits per heavy atom. The summed E-state index contributed by atoms with van der Waals surface area (Å²) in [5.74, 6) is -1.11. The SMILES string of the molecule is CCOC(=O)C1=C(O)/C(=C\c2ccccc2)SC1=Nc1cccc(C(F)(F)F)c1. The summed E-state index contributed by atoms with van der Waals surface area (Å²) in [5, 5.41) is 10.6. The minimum Gasteiger partial charge on any atom is -0.506 e. The molecule has 29 heavy (non-hydrogen) atoms. The van der Waals surface area contributed by atoms with E-state index < -0.39 is 17.7 Å². The lowest BCUT2D eigenvalue weighted by atomic mass is 10.1. The lowest BCUT2D eigenvalue weighted by Gasteiger charge is -2.07. The van der Waals surface area contributed by atoms with Crippen LogP contribution < -0.4 is 0 Å². The summed E-state index contributed by atoms with van der Waals surface area (Å²) in [7, 11) is 0. The largest absolute Gasteiger partial charge is 0.506 e. The topological polar surface area (TPSA) is 58.9 Å². The highest BCUT2D eigenvalue weighted by atomic mass is 32.2. The zero-order valence-corrected chi connectivity index (χ0v) is 16.1. The Labute approximate surface area is 169 Å². The number of carbonyl (C=O) groups is 1. The summed E-state index contributed by atoms with van der Waals surface area (Å²) in [6.45, 7) is 1.69. The molecule has 0 bridgehead atoms. The number of rotatable bonds is 4. The summed E-state index contributed by atoms with van der Waals surface area (Å²) in [5.41, 5.74) is -0.229. The molecule has 0 spiro atoms. The standard InChI is InChI=1S/C21H16F3NO3S/c1-2-28-20(27)17-18(26)16(11-13-7-4-3-5-8-13)29-19(17)25-15-10-6-9-14(12-15)21(22,23)24/h3-12,26H,2H2,1H3/b16-11+,25-19?. The van der Waals surface area contributed by atoms with Crippen LogP contribution in [0.15, 0.2) is 75.8 Å². The van der Waals surface area contributed by atoms with Crippen LogP contribution in [0.25, 0.3) is 6.08 Å². The molecule has 1 aliphatic rings. The average Bonchev–Trinajstić information content (AvgIpc) is 2.97. The van der Waals surface area contributed by atoms with Crippen LogP contribution in [0.3, 0.4) is 0 Å². The number of nitrogens with zero attached hydrogens (tertiary/aromatic N) is 1. The number of esters is 1. The number of hydrogen-bond acceptors (Lipinski definition) is 5. The molecule has 1 aliphatic heterocycles. The molecule has 0 amide bonds. The van der Waals surface area contributed by atoms with Crippen LogP contribution in [0.5, 0.6) is 0 Å². The minimum absolute atomic E-state index is 0.0119. The third kappa shape index (κ3) is 4.89. The maximum atomic E-state index is 13.0. The lowest BCUT2D eigenvalue weighted by Crippen LogP contribution is -2.13. The predicted molar refractivity (Wildman–Crippen MR) is 107 cm³/mol. The van der Waals surface area contributed by atoms with Gasteiger partial charge >= 0.3 is 12.1 Å². The second-order valence-electron chi connectivity index (χ2n) is 5.93. The van der Waals surface area contributed by atoms with Crippen molar-refractivity contribution in [3.05, 3.63) is 82.0 Å².